The highest BCUT2D eigenvalue weighted by Gasteiger charge is 2.34. The van der Waals surface area contributed by atoms with Crippen molar-refractivity contribution < 1.29 is 28.7 Å². The molecule has 0 spiro atoms. The van der Waals surface area contributed by atoms with Crippen molar-refractivity contribution in [3.63, 3.8) is 0 Å². The monoisotopic (exact) mass is 448 g/mol. The predicted molar refractivity (Wildman–Crippen MR) is 115 cm³/mol. The summed E-state index contributed by atoms with van der Waals surface area (Å²) in [4.78, 5) is 48.5. The van der Waals surface area contributed by atoms with Gasteiger partial charge in [0.05, 0.1) is 13.5 Å². The smallest absolute Gasteiger partial charge is 0.328 e. The lowest BCUT2D eigenvalue weighted by atomic mass is 10.2. The van der Waals surface area contributed by atoms with Crippen LogP contribution in [0.2, 0.25) is 0 Å². The first-order chi connectivity index (χ1) is 14.8. The number of carbonyl (C=O) groups is 4. The lowest BCUT2D eigenvalue weighted by molar-refractivity contribution is -0.152. The fourth-order valence-electron chi connectivity index (χ4n) is 2.45. The summed E-state index contributed by atoms with van der Waals surface area (Å²) in [6, 6.07) is 7.82. The molecule has 2 rings (SSSR count). The number of methoxy groups -OCH3 is 1. The summed E-state index contributed by atoms with van der Waals surface area (Å²) >= 11 is 1.06. The van der Waals surface area contributed by atoms with Crippen LogP contribution in [0.3, 0.4) is 0 Å². The first-order valence-corrected chi connectivity index (χ1v) is 10.3. The molecule has 0 aromatic heterocycles. The number of amides is 2. The van der Waals surface area contributed by atoms with Gasteiger partial charge in [0.2, 0.25) is 11.8 Å². The molecule has 1 heterocycles. The first kappa shape index (κ1) is 24.1. The molecule has 2 N–H and O–H groups in total. The van der Waals surface area contributed by atoms with Crippen LogP contribution in [0.1, 0.15) is 32.3 Å². The van der Waals surface area contributed by atoms with Crippen molar-refractivity contribution in [1.29, 1.82) is 0 Å². The van der Waals surface area contributed by atoms with E-state index in [-0.39, 0.29) is 24.1 Å². The summed E-state index contributed by atoms with van der Waals surface area (Å²) in [5.41, 5.74) is 1.50. The summed E-state index contributed by atoms with van der Waals surface area (Å²) in [6.07, 6.45) is -0.608. The number of nitrogens with zero attached hydrogens (tertiary/aromatic N) is 2. The molecule has 0 saturated carbocycles. The quantitative estimate of drug-likeness (QED) is 0.329. The van der Waals surface area contributed by atoms with Gasteiger partial charge in [0, 0.05) is 12.1 Å². The molecule has 0 unspecified atom stereocenters. The molecule has 0 aliphatic carbocycles. The van der Waals surface area contributed by atoms with Gasteiger partial charge >= 0.3 is 11.9 Å². The van der Waals surface area contributed by atoms with Crippen LogP contribution in [0.4, 0.5) is 0 Å². The number of nitrogens with one attached hydrogen (secondary N) is 2. The van der Waals surface area contributed by atoms with E-state index in [0.29, 0.717) is 5.71 Å². The van der Waals surface area contributed by atoms with Gasteiger partial charge < -0.3 is 20.1 Å². The zero-order valence-electron chi connectivity index (χ0n) is 17.4. The lowest BCUT2D eigenvalue weighted by Gasteiger charge is -2.16. The number of amidine groups is 1. The van der Waals surface area contributed by atoms with E-state index < -0.39 is 35.6 Å². The molecule has 1 aromatic rings. The Morgan fingerprint density at radius 3 is 2.58 bits per heavy atom. The van der Waals surface area contributed by atoms with Crippen molar-refractivity contribution in [2.45, 2.75) is 44.6 Å². The van der Waals surface area contributed by atoms with E-state index in [1.165, 1.54) is 0 Å². The number of benzene rings is 1. The maximum atomic E-state index is 12.4. The number of thioether (sulfide) groups is 1. The fourth-order valence-corrected chi connectivity index (χ4v) is 3.37. The van der Waals surface area contributed by atoms with Crippen molar-refractivity contribution in [3.05, 3.63) is 35.9 Å². The number of esters is 2. The Morgan fingerprint density at radius 2 is 1.94 bits per heavy atom. The maximum Gasteiger partial charge on any atom is 0.328 e. The molecular formula is C20H24N4O6S. The number of hydrogen-bond acceptors (Lipinski definition) is 9. The van der Waals surface area contributed by atoms with Crippen molar-refractivity contribution in [3.8, 4) is 0 Å². The normalized spacial score (nSPS) is 17.5. The van der Waals surface area contributed by atoms with Crippen LogP contribution in [0.25, 0.3) is 0 Å². The van der Waals surface area contributed by atoms with Crippen molar-refractivity contribution in [2.24, 2.45) is 10.2 Å². The predicted octanol–water partition coefficient (Wildman–Crippen LogP) is 1.15. The minimum absolute atomic E-state index is 0.0439. The highest BCUT2D eigenvalue weighted by atomic mass is 32.2. The third kappa shape index (κ3) is 8.21. The Labute approximate surface area is 183 Å². The summed E-state index contributed by atoms with van der Waals surface area (Å²) in [5, 5.41) is 12.3. The molecule has 166 valence electrons. The molecule has 2 amide bonds. The molecule has 2 atom stereocenters. The molecule has 11 heteroatoms. The van der Waals surface area contributed by atoms with Crippen molar-refractivity contribution in [1.82, 2.24) is 10.6 Å². The topological polar surface area (TPSA) is 136 Å². The second-order valence-electron chi connectivity index (χ2n) is 6.75. The molecular weight excluding hydrogens is 424 g/mol. The molecule has 31 heavy (non-hydrogen) atoms. The highest BCUT2D eigenvalue weighted by Crippen LogP contribution is 2.22. The average Bonchev–Trinajstić information content (AvgIpc) is 3.09. The van der Waals surface area contributed by atoms with E-state index in [1.807, 2.05) is 18.2 Å². The lowest BCUT2D eigenvalue weighted by Crippen LogP contribution is -2.44. The van der Waals surface area contributed by atoms with Gasteiger partial charge in [0.15, 0.2) is 5.17 Å². The van der Waals surface area contributed by atoms with E-state index in [1.54, 1.807) is 26.0 Å². The zero-order chi connectivity index (χ0) is 22.8. The molecule has 1 saturated heterocycles. The van der Waals surface area contributed by atoms with Gasteiger partial charge in [-0.1, -0.05) is 42.1 Å². The Kier molecular flexibility index (Phi) is 9.19. The Bertz CT molecular complexity index is 883. The molecule has 10 nitrogen and oxygen atoms in total. The number of rotatable bonds is 9. The summed E-state index contributed by atoms with van der Waals surface area (Å²) in [6.45, 7) is 3.56. The first-order valence-electron chi connectivity index (χ1n) is 9.41. The van der Waals surface area contributed by atoms with E-state index in [0.717, 1.165) is 24.4 Å². The van der Waals surface area contributed by atoms with E-state index in [4.69, 9.17) is 4.74 Å². The Hall–Kier alpha value is -3.21. The SMILES string of the molecule is COC(=O)[C@H](CC(=O)OCc1ccccc1)NC(=O)C[C@@H]1SC(=NN=C(C)C)NC1=O. The van der Waals surface area contributed by atoms with Crippen molar-refractivity contribution >= 4 is 46.4 Å². The van der Waals surface area contributed by atoms with Crippen LogP contribution < -0.4 is 10.6 Å². The highest BCUT2D eigenvalue weighted by molar-refractivity contribution is 8.15. The van der Waals surface area contributed by atoms with Gasteiger partial charge in [0.25, 0.3) is 0 Å². The van der Waals surface area contributed by atoms with Crippen LogP contribution in [0.5, 0.6) is 0 Å². The minimum atomic E-state index is -1.23. The van der Waals surface area contributed by atoms with E-state index in [9.17, 15) is 19.2 Å². The second-order valence-corrected chi connectivity index (χ2v) is 7.94. The molecule has 0 radical (unpaired) electrons. The number of ether oxygens (including phenoxy) is 2. The molecule has 1 aromatic carbocycles. The Balaban J connectivity index is 1.90. The van der Waals surface area contributed by atoms with Gasteiger partial charge in [-0.25, -0.2) is 4.79 Å². The molecule has 1 fully saturated rings. The summed E-state index contributed by atoms with van der Waals surface area (Å²) in [7, 11) is 1.15. The summed E-state index contributed by atoms with van der Waals surface area (Å²) < 4.78 is 9.81. The fraction of sp³-hybridized carbons (Fsp3) is 0.400. The van der Waals surface area contributed by atoms with Gasteiger partial charge in [-0.15, -0.1) is 5.10 Å². The van der Waals surface area contributed by atoms with Crippen LogP contribution in [-0.4, -0.2) is 53.0 Å². The molecule has 1 aliphatic rings. The van der Waals surface area contributed by atoms with Gasteiger partial charge in [0.1, 0.15) is 17.9 Å². The maximum absolute atomic E-state index is 12.4. The van der Waals surface area contributed by atoms with Crippen LogP contribution in [-0.2, 0) is 35.3 Å². The third-order valence-corrected chi connectivity index (χ3v) is 4.99. The number of carbonyl (C=O) groups excluding carboxylic acids is 4. The van der Waals surface area contributed by atoms with Crippen molar-refractivity contribution in [2.75, 3.05) is 7.11 Å². The van der Waals surface area contributed by atoms with Crippen LogP contribution in [0, 0.1) is 0 Å². The van der Waals surface area contributed by atoms with E-state index in [2.05, 4.69) is 25.6 Å². The standard InChI is InChI=1S/C20H24N4O6S/c1-12(2)23-24-20-22-18(27)15(31-20)10-16(25)21-14(19(28)29-3)9-17(26)30-11-13-7-5-4-6-8-13/h4-8,14-15H,9-11H2,1-3H3,(H,21,25)(H,22,24,27)/t14-,15-/m0/s1. The van der Waals surface area contributed by atoms with Gasteiger partial charge in [-0.3, -0.25) is 14.4 Å². The van der Waals surface area contributed by atoms with Crippen LogP contribution >= 0.6 is 11.8 Å². The molecule has 1 aliphatic heterocycles. The number of hydrogen-bond donors (Lipinski definition) is 2. The summed E-state index contributed by atoms with van der Waals surface area (Å²) in [5.74, 6) is -2.44. The van der Waals surface area contributed by atoms with Gasteiger partial charge in [-0.2, -0.15) is 5.10 Å². The van der Waals surface area contributed by atoms with E-state index >= 15 is 0 Å². The minimum Gasteiger partial charge on any atom is -0.467 e. The second kappa shape index (κ2) is 11.8. The van der Waals surface area contributed by atoms with Gasteiger partial charge in [-0.05, 0) is 19.4 Å². The zero-order valence-corrected chi connectivity index (χ0v) is 18.2. The third-order valence-electron chi connectivity index (χ3n) is 3.92. The van der Waals surface area contributed by atoms with Crippen LogP contribution in [0.15, 0.2) is 40.5 Å². The molecule has 0 bridgehead atoms. The Morgan fingerprint density at radius 1 is 1.23 bits per heavy atom. The average molecular weight is 449 g/mol. The largest absolute Gasteiger partial charge is 0.467 e.